The van der Waals surface area contributed by atoms with Crippen LogP contribution in [0.15, 0.2) is 30.5 Å². The Labute approximate surface area is 192 Å². The normalized spacial score (nSPS) is 23.2. The molecule has 2 saturated heterocycles. The number of carbonyl (C=O) groups excluding carboxylic acids is 1. The van der Waals surface area contributed by atoms with Crippen molar-refractivity contribution in [3.8, 4) is 5.69 Å². The molecule has 180 valence electrons. The first-order chi connectivity index (χ1) is 15.6. The molecule has 0 aliphatic carbocycles. The largest absolute Gasteiger partial charge is 0.434 e. The number of amides is 1. The molecule has 4 rings (SSSR count). The number of rotatable bonds is 4. The molecule has 0 bridgehead atoms. The molecule has 1 aromatic carbocycles. The summed E-state index contributed by atoms with van der Waals surface area (Å²) in [6.45, 7) is 9.60. The minimum Gasteiger partial charge on any atom is -0.373 e. The number of carbonyl (C=O) groups is 1. The predicted octanol–water partition coefficient (Wildman–Crippen LogP) is 4.16. The van der Waals surface area contributed by atoms with Crippen molar-refractivity contribution in [3.05, 3.63) is 47.3 Å². The summed E-state index contributed by atoms with van der Waals surface area (Å²) in [5, 5.41) is 3.94. The van der Waals surface area contributed by atoms with Crippen LogP contribution in [0.5, 0.6) is 0 Å². The molecule has 2 aliphatic heterocycles. The molecule has 33 heavy (non-hydrogen) atoms. The van der Waals surface area contributed by atoms with Gasteiger partial charge in [0.05, 0.1) is 29.7 Å². The molecule has 2 aliphatic rings. The predicted molar refractivity (Wildman–Crippen MR) is 118 cm³/mol. The molecular formula is C24H31F3N4O2. The second-order valence-corrected chi connectivity index (χ2v) is 9.36. The lowest BCUT2D eigenvalue weighted by Gasteiger charge is -2.39. The standard InChI is InChI=1S/C24H31F3N4O2/c1-16-4-6-20(7-5-16)31-22(24(25,26)27)21(12-28-31)23(32)30-10-8-19(9-11-30)15-29-13-17(2)33-18(3)14-29/h4-7,12,17-19H,8-11,13-15H2,1-3H3. The third-order valence-electron chi connectivity index (χ3n) is 6.46. The quantitative estimate of drug-likeness (QED) is 0.682. The number of aryl methyl sites for hydroxylation is 1. The zero-order valence-corrected chi connectivity index (χ0v) is 19.3. The van der Waals surface area contributed by atoms with Crippen LogP contribution in [0.4, 0.5) is 13.2 Å². The molecule has 1 aromatic heterocycles. The number of hydrogen-bond acceptors (Lipinski definition) is 4. The summed E-state index contributed by atoms with van der Waals surface area (Å²) in [4.78, 5) is 17.0. The van der Waals surface area contributed by atoms with E-state index in [2.05, 4.69) is 23.8 Å². The molecule has 1 amide bonds. The number of alkyl halides is 3. The molecule has 2 aromatic rings. The van der Waals surface area contributed by atoms with E-state index in [0.717, 1.165) is 48.9 Å². The molecular weight excluding hydrogens is 433 g/mol. The highest BCUT2D eigenvalue weighted by Crippen LogP contribution is 2.35. The van der Waals surface area contributed by atoms with Crippen LogP contribution >= 0.6 is 0 Å². The molecule has 9 heteroatoms. The van der Waals surface area contributed by atoms with Crippen molar-refractivity contribution in [2.75, 3.05) is 32.7 Å². The molecule has 2 fully saturated rings. The van der Waals surface area contributed by atoms with Crippen molar-refractivity contribution in [2.45, 2.75) is 52.0 Å². The third-order valence-corrected chi connectivity index (χ3v) is 6.46. The van der Waals surface area contributed by atoms with Gasteiger partial charge in [0, 0.05) is 32.7 Å². The van der Waals surface area contributed by atoms with Crippen LogP contribution < -0.4 is 0 Å². The van der Waals surface area contributed by atoms with E-state index in [0.29, 0.717) is 19.0 Å². The number of hydrogen-bond donors (Lipinski definition) is 0. The van der Waals surface area contributed by atoms with Gasteiger partial charge in [0.2, 0.25) is 0 Å². The van der Waals surface area contributed by atoms with Gasteiger partial charge in [-0.15, -0.1) is 0 Å². The summed E-state index contributed by atoms with van der Waals surface area (Å²) in [7, 11) is 0. The second-order valence-electron chi connectivity index (χ2n) is 9.36. The molecule has 2 atom stereocenters. The van der Waals surface area contributed by atoms with E-state index < -0.39 is 23.3 Å². The van der Waals surface area contributed by atoms with Crippen molar-refractivity contribution in [2.24, 2.45) is 5.92 Å². The lowest BCUT2D eigenvalue weighted by molar-refractivity contribution is -0.143. The third kappa shape index (κ3) is 5.41. The highest BCUT2D eigenvalue weighted by atomic mass is 19.4. The fraction of sp³-hybridized carbons (Fsp3) is 0.583. The van der Waals surface area contributed by atoms with Crippen LogP contribution in [0.2, 0.25) is 0 Å². The van der Waals surface area contributed by atoms with Crippen molar-refractivity contribution in [1.29, 1.82) is 0 Å². The number of nitrogens with zero attached hydrogens (tertiary/aromatic N) is 4. The van der Waals surface area contributed by atoms with Gasteiger partial charge in [-0.1, -0.05) is 17.7 Å². The molecule has 0 saturated carbocycles. The van der Waals surface area contributed by atoms with Crippen LogP contribution in [0.1, 0.15) is 48.3 Å². The van der Waals surface area contributed by atoms with Crippen LogP contribution in [0.3, 0.4) is 0 Å². The zero-order valence-electron chi connectivity index (χ0n) is 19.3. The molecule has 0 radical (unpaired) electrons. The number of ether oxygens (including phenoxy) is 1. The van der Waals surface area contributed by atoms with E-state index in [4.69, 9.17) is 4.74 Å². The van der Waals surface area contributed by atoms with E-state index in [1.54, 1.807) is 24.3 Å². The first-order valence-electron chi connectivity index (χ1n) is 11.5. The summed E-state index contributed by atoms with van der Waals surface area (Å²) in [5.41, 5.74) is -0.202. The summed E-state index contributed by atoms with van der Waals surface area (Å²) in [5.74, 6) is -0.184. The van der Waals surface area contributed by atoms with E-state index >= 15 is 0 Å². The topological polar surface area (TPSA) is 50.6 Å². The monoisotopic (exact) mass is 464 g/mol. The Morgan fingerprint density at radius 1 is 1.09 bits per heavy atom. The Kier molecular flexibility index (Phi) is 6.81. The second kappa shape index (κ2) is 9.46. The Hall–Kier alpha value is -2.39. The average Bonchev–Trinajstić information content (AvgIpc) is 3.19. The van der Waals surface area contributed by atoms with E-state index in [1.807, 2.05) is 6.92 Å². The maximum absolute atomic E-state index is 14.0. The molecule has 0 N–H and O–H groups in total. The van der Waals surface area contributed by atoms with Gasteiger partial charge in [0.1, 0.15) is 0 Å². The number of piperidine rings is 1. The number of morpholine rings is 1. The Balaban J connectivity index is 1.45. The minimum absolute atomic E-state index is 0.196. The average molecular weight is 465 g/mol. The van der Waals surface area contributed by atoms with E-state index in [9.17, 15) is 18.0 Å². The highest BCUT2D eigenvalue weighted by Gasteiger charge is 2.42. The minimum atomic E-state index is -4.70. The van der Waals surface area contributed by atoms with Gasteiger partial charge in [-0.05, 0) is 51.7 Å². The van der Waals surface area contributed by atoms with Gasteiger partial charge in [0.25, 0.3) is 5.91 Å². The van der Waals surface area contributed by atoms with Gasteiger partial charge >= 0.3 is 6.18 Å². The Morgan fingerprint density at radius 2 is 1.70 bits per heavy atom. The summed E-state index contributed by atoms with van der Waals surface area (Å²) < 4.78 is 48.5. The fourth-order valence-electron chi connectivity index (χ4n) is 4.95. The molecule has 3 heterocycles. The summed E-state index contributed by atoms with van der Waals surface area (Å²) in [6.07, 6.45) is -1.71. The number of aromatic nitrogens is 2. The van der Waals surface area contributed by atoms with Crippen LogP contribution in [-0.4, -0.2) is 70.4 Å². The maximum atomic E-state index is 14.0. The number of likely N-dealkylation sites (tertiary alicyclic amines) is 1. The van der Waals surface area contributed by atoms with Crippen LogP contribution in [0, 0.1) is 12.8 Å². The van der Waals surface area contributed by atoms with Crippen molar-refractivity contribution >= 4 is 5.91 Å². The van der Waals surface area contributed by atoms with Gasteiger partial charge in [-0.3, -0.25) is 9.69 Å². The molecule has 6 nitrogen and oxygen atoms in total. The summed E-state index contributed by atoms with van der Waals surface area (Å²) >= 11 is 0. The first-order valence-corrected chi connectivity index (χ1v) is 11.5. The first kappa shape index (κ1) is 23.8. The Bertz CT molecular complexity index is 955. The van der Waals surface area contributed by atoms with Crippen molar-refractivity contribution < 1.29 is 22.7 Å². The number of halogens is 3. The molecule has 0 spiro atoms. The van der Waals surface area contributed by atoms with E-state index in [1.165, 1.54) is 4.90 Å². The SMILES string of the molecule is Cc1ccc(-n2ncc(C(=O)N3CCC(CN4CC(C)OC(C)C4)CC3)c2C(F)(F)F)cc1. The van der Waals surface area contributed by atoms with Gasteiger partial charge < -0.3 is 9.64 Å². The number of benzene rings is 1. The highest BCUT2D eigenvalue weighted by molar-refractivity contribution is 5.95. The van der Waals surface area contributed by atoms with Gasteiger partial charge in [-0.2, -0.15) is 18.3 Å². The van der Waals surface area contributed by atoms with Crippen molar-refractivity contribution in [3.63, 3.8) is 0 Å². The fourth-order valence-corrected chi connectivity index (χ4v) is 4.95. The lowest BCUT2D eigenvalue weighted by Crippen LogP contribution is -2.48. The zero-order chi connectivity index (χ0) is 23.8. The van der Waals surface area contributed by atoms with Crippen molar-refractivity contribution in [1.82, 2.24) is 19.6 Å². The lowest BCUT2D eigenvalue weighted by atomic mass is 9.95. The van der Waals surface area contributed by atoms with E-state index in [-0.39, 0.29) is 17.9 Å². The van der Waals surface area contributed by atoms with Gasteiger partial charge in [-0.25, -0.2) is 4.68 Å². The van der Waals surface area contributed by atoms with Crippen LogP contribution in [0.25, 0.3) is 5.69 Å². The maximum Gasteiger partial charge on any atom is 0.434 e. The smallest absolute Gasteiger partial charge is 0.373 e. The summed E-state index contributed by atoms with van der Waals surface area (Å²) in [6, 6.07) is 6.59. The molecule has 2 unspecified atom stereocenters. The van der Waals surface area contributed by atoms with Crippen LogP contribution in [-0.2, 0) is 10.9 Å². The Morgan fingerprint density at radius 3 is 2.27 bits per heavy atom. The van der Waals surface area contributed by atoms with Gasteiger partial charge in [0.15, 0.2) is 5.69 Å².